The van der Waals surface area contributed by atoms with Crippen LogP contribution in [0.4, 0.5) is 5.69 Å². The minimum absolute atomic E-state index is 0.702. The Morgan fingerprint density at radius 1 is 1.29 bits per heavy atom. The van der Waals surface area contributed by atoms with Gasteiger partial charge in [-0.15, -0.1) is 0 Å². The van der Waals surface area contributed by atoms with Crippen LogP contribution in [0.3, 0.4) is 0 Å². The van der Waals surface area contributed by atoms with E-state index in [4.69, 9.17) is 4.74 Å². The predicted octanol–water partition coefficient (Wildman–Crippen LogP) is 2.43. The van der Waals surface area contributed by atoms with Gasteiger partial charge in [0, 0.05) is 19.8 Å². The molecule has 0 aliphatic heterocycles. The molecule has 0 spiro atoms. The summed E-state index contributed by atoms with van der Waals surface area (Å²) in [6.07, 6.45) is 3.77. The fourth-order valence-electron chi connectivity index (χ4n) is 1.59. The smallest absolute Gasteiger partial charge is 0.119 e. The number of nitrogens with zero attached hydrogens (tertiary/aromatic N) is 2. The molecule has 0 aliphatic carbocycles. The van der Waals surface area contributed by atoms with E-state index in [-0.39, 0.29) is 0 Å². The molecular weight excluding hydrogens is 214 g/mol. The molecule has 0 saturated carbocycles. The quantitative estimate of drug-likeness (QED) is 0.859. The van der Waals surface area contributed by atoms with E-state index in [1.807, 2.05) is 38.5 Å². The van der Waals surface area contributed by atoms with E-state index in [0.29, 0.717) is 6.61 Å². The summed E-state index contributed by atoms with van der Waals surface area (Å²) in [4.78, 5) is 0. The number of benzene rings is 1. The van der Waals surface area contributed by atoms with Crippen LogP contribution in [0.5, 0.6) is 5.75 Å². The molecule has 1 aromatic heterocycles. The fraction of sp³-hybridized carbons (Fsp3) is 0.308. The van der Waals surface area contributed by atoms with E-state index in [1.165, 1.54) is 5.56 Å². The van der Waals surface area contributed by atoms with Gasteiger partial charge in [0.1, 0.15) is 5.75 Å². The maximum Gasteiger partial charge on any atom is 0.119 e. The highest BCUT2D eigenvalue weighted by Crippen LogP contribution is 2.13. The van der Waals surface area contributed by atoms with Crippen molar-refractivity contribution < 1.29 is 4.74 Å². The zero-order valence-corrected chi connectivity index (χ0v) is 10.2. The van der Waals surface area contributed by atoms with Crippen molar-refractivity contribution in [2.45, 2.75) is 13.5 Å². The van der Waals surface area contributed by atoms with Crippen molar-refractivity contribution in [3.63, 3.8) is 0 Å². The Labute approximate surface area is 101 Å². The highest BCUT2D eigenvalue weighted by atomic mass is 16.5. The molecule has 4 heteroatoms. The number of aromatic nitrogens is 2. The van der Waals surface area contributed by atoms with Crippen molar-refractivity contribution in [2.75, 3.05) is 11.9 Å². The summed E-state index contributed by atoms with van der Waals surface area (Å²) in [5.74, 6) is 0.914. The van der Waals surface area contributed by atoms with Crippen LogP contribution in [-0.2, 0) is 13.6 Å². The third kappa shape index (κ3) is 3.24. The van der Waals surface area contributed by atoms with Crippen molar-refractivity contribution >= 4 is 5.69 Å². The second-order valence-corrected chi connectivity index (χ2v) is 3.83. The summed E-state index contributed by atoms with van der Waals surface area (Å²) in [7, 11) is 1.90. The van der Waals surface area contributed by atoms with Crippen molar-refractivity contribution in [3.05, 3.63) is 42.2 Å². The molecular formula is C13H17N3O. The first-order valence-electron chi connectivity index (χ1n) is 5.72. The Hall–Kier alpha value is -1.97. The van der Waals surface area contributed by atoms with Crippen LogP contribution in [-0.4, -0.2) is 16.4 Å². The molecule has 2 aromatic rings. The summed E-state index contributed by atoms with van der Waals surface area (Å²) in [5, 5.41) is 7.41. The average molecular weight is 231 g/mol. The maximum atomic E-state index is 5.39. The molecule has 4 nitrogen and oxygen atoms in total. The maximum absolute atomic E-state index is 5.39. The second-order valence-electron chi connectivity index (χ2n) is 3.83. The second kappa shape index (κ2) is 5.39. The Morgan fingerprint density at radius 3 is 2.65 bits per heavy atom. The molecule has 2 rings (SSSR count). The number of hydrogen-bond acceptors (Lipinski definition) is 3. The lowest BCUT2D eigenvalue weighted by Crippen LogP contribution is -1.98. The first-order valence-corrected chi connectivity index (χ1v) is 5.72. The summed E-state index contributed by atoms with van der Waals surface area (Å²) in [5.41, 5.74) is 2.25. The van der Waals surface area contributed by atoms with Crippen LogP contribution in [0.15, 0.2) is 36.7 Å². The van der Waals surface area contributed by atoms with E-state index in [1.54, 1.807) is 4.68 Å². The molecule has 0 atom stereocenters. The number of rotatable bonds is 5. The van der Waals surface area contributed by atoms with Gasteiger partial charge in [0.25, 0.3) is 0 Å². The number of ether oxygens (including phenoxy) is 1. The standard InChI is InChI=1S/C13H17N3O/c1-3-17-13-6-4-11(5-7-13)8-14-12-9-15-16(2)10-12/h4-7,9-10,14H,3,8H2,1-2H3. The molecule has 0 bridgehead atoms. The van der Waals surface area contributed by atoms with Crippen LogP contribution in [0.25, 0.3) is 0 Å². The molecule has 1 N–H and O–H groups in total. The monoisotopic (exact) mass is 231 g/mol. The largest absolute Gasteiger partial charge is 0.494 e. The molecule has 1 heterocycles. The van der Waals surface area contributed by atoms with Crippen molar-refractivity contribution in [1.29, 1.82) is 0 Å². The molecule has 1 aromatic carbocycles. The van der Waals surface area contributed by atoms with Gasteiger partial charge in [-0.05, 0) is 24.6 Å². The molecule has 0 fully saturated rings. The van der Waals surface area contributed by atoms with Crippen molar-refractivity contribution in [2.24, 2.45) is 7.05 Å². The number of anilines is 1. The highest BCUT2D eigenvalue weighted by molar-refractivity contribution is 5.39. The first-order chi connectivity index (χ1) is 8.28. The molecule has 0 aliphatic rings. The normalized spacial score (nSPS) is 10.2. The topological polar surface area (TPSA) is 39.1 Å². The Balaban J connectivity index is 1.90. The molecule has 0 unspecified atom stereocenters. The predicted molar refractivity (Wildman–Crippen MR) is 68.1 cm³/mol. The highest BCUT2D eigenvalue weighted by Gasteiger charge is 1.97. The van der Waals surface area contributed by atoms with Crippen LogP contribution < -0.4 is 10.1 Å². The minimum atomic E-state index is 0.702. The van der Waals surface area contributed by atoms with Crippen molar-refractivity contribution in [3.8, 4) is 5.75 Å². The summed E-state index contributed by atoms with van der Waals surface area (Å²) < 4.78 is 7.17. The minimum Gasteiger partial charge on any atom is -0.494 e. The summed E-state index contributed by atoms with van der Waals surface area (Å²) >= 11 is 0. The van der Waals surface area contributed by atoms with Crippen LogP contribution in [0, 0.1) is 0 Å². The van der Waals surface area contributed by atoms with Crippen molar-refractivity contribution in [1.82, 2.24) is 9.78 Å². The Kier molecular flexibility index (Phi) is 3.65. The first kappa shape index (κ1) is 11.5. The van der Waals surface area contributed by atoms with Crippen LogP contribution >= 0.6 is 0 Å². The lowest BCUT2D eigenvalue weighted by atomic mass is 10.2. The number of hydrogen-bond donors (Lipinski definition) is 1. The lowest BCUT2D eigenvalue weighted by Gasteiger charge is -2.06. The van der Waals surface area contributed by atoms with E-state index in [9.17, 15) is 0 Å². The van der Waals surface area contributed by atoms with Gasteiger partial charge in [-0.2, -0.15) is 5.10 Å². The van der Waals surface area contributed by atoms with Gasteiger partial charge >= 0.3 is 0 Å². The van der Waals surface area contributed by atoms with Gasteiger partial charge in [0.15, 0.2) is 0 Å². The molecule has 0 amide bonds. The van der Waals surface area contributed by atoms with E-state index in [2.05, 4.69) is 22.5 Å². The fourth-order valence-corrected chi connectivity index (χ4v) is 1.59. The SMILES string of the molecule is CCOc1ccc(CNc2cnn(C)c2)cc1. The third-order valence-electron chi connectivity index (χ3n) is 2.44. The van der Waals surface area contributed by atoms with Crippen LogP contribution in [0.1, 0.15) is 12.5 Å². The molecule has 0 radical (unpaired) electrons. The average Bonchev–Trinajstić information content (AvgIpc) is 2.75. The van der Waals surface area contributed by atoms with Crippen LogP contribution in [0.2, 0.25) is 0 Å². The van der Waals surface area contributed by atoms with Gasteiger partial charge < -0.3 is 10.1 Å². The summed E-state index contributed by atoms with van der Waals surface area (Å²) in [6.45, 7) is 3.48. The summed E-state index contributed by atoms with van der Waals surface area (Å²) in [6, 6.07) is 8.11. The zero-order valence-electron chi connectivity index (χ0n) is 10.2. The molecule has 90 valence electrons. The molecule has 17 heavy (non-hydrogen) atoms. The van der Waals surface area contributed by atoms with E-state index >= 15 is 0 Å². The van der Waals surface area contributed by atoms with Gasteiger partial charge in [-0.25, -0.2) is 0 Å². The zero-order chi connectivity index (χ0) is 12.1. The lowest BCUT2D eigenvalue weighted by molar-refractivity contribution is 0.340. The van der Waals surface area contributed by atoms with Gasteiger partial charge in [-0.1, -0.05) is 12.1 Å². The van der Waals surface area contributed by atoms with Gasteiger partial charge in [0.2, 0.25) is 0 Å². The number of nitrogens with one attached hydrogen (secondary N) is 1. The Bertz CT molecular complexity index is 462. The Morgan fingerprint density at radius 2 is 2.06 bits per heavy atom. The van der Waals surface area contributed by atoms with Gasteiger partial charge in [-0.3, -0.25) is 4.68 Å². The van der Waals surface area contributed by atoms with Gasteiger partial charge in [0.05, 0.1) is 18.5 Å². The number of aryl methyl sites for hydroxylation is 1. The molecule has 0 saturated heterocycles. The van der Waals surface area contributed by atoms with E-state index < -0.39 is 0 Å². The third-order valence-corrected chi connectivity index (χ3v) is 2.44. The van der Waals surface area contributed by atoms with E-state index in [0.717, 1.165) is 18.0 Å².